The predicted octanol–water partition coefficient (Wildman–Crippen LogP) is 3.61. The van der Waals surface area contributed by atoms with Gasteiger partial charge in [-0.2, -0.15) is 5.26 Å². The van der Waals surface area contributed by atoms with E-state index in [0.717, 1.165) is 11.9 Å². The average Bonchev–Trinajstić information content (AvgIpc) is 2.33. The molecular formula is C13H15NOS2. The lowest BCUT2D eigenvalue weighted by atomic mass is 10.1. The highest BCUT2D eigenvalue weighted by Gasteiger charge is 2.26. The summed E-state index contributed by atoms with van der Waals surface area (Å²) in [7, 11) is 0. The number of nitrogens with zero attached hydrogens (tertiary/aromatic N) is 1. The second-order valence-corrected chi connectivity index (χ2v) is 5.68. The molecule has 1 atom stereocenters. The molecule has 0 aliphatic rings. The smallest absolute Gasteiger partial charge is 0.120 e. The summed E-state index contributed by atoms with van der Waals surface area (Å²) in [5.74, 6) is 0. The number of hydrogen-bond acceptors (Lipinski definition) is 4. The van der Waals surface area contributed by atoms with Gasteiger partial charge in [0.25, 0.3) is 0 Å². The molecule has 0 rings (SSSR count). The van der Waals surface area contributed by atoms with Gasteiger partial charge in [0.2, 0.25) is 0 Å². The number of hydrogen-bond donors (Lipinski definition) is 0. The Bertz CT molecular complexity index is 393. The van der Waals surface area contributed by atoms with E-state index in [9.17, 15) is 4.79 Å². The van der Waals surface area contributed by atoms with Gasteiger partial charge in [-0.05, 0) is 18.9 Å². The Labute approximate surface area is 112 Å². The summed E-state index contributed by atoms with van der Waals surface area (Å²) in [5, 5.41) is 9.13. The Morgan fingerprint density at radius 1 is 1.59 bits per heavy atom. The molecule has 0 heterocycles. The summed E-state index contributed by atoms with van der Waals surface area (Å²) < 4.78 is -0.0868. The number of carbonyl (C=O) groups excluding carboxylic acids is 1. The molecular weight excluding hydrogens is 250 g/mol. The summed E-state index contributed by atoms with van der Waals surface area (Å²) in [6.45, 7) is 9.04. The Morgan fingerprint density at radius 2 is 2.24 bits per heavy atom. The highest BCUT2D eigenvalue weighted by atomic mass is 32.2. The fraction of sp³-hybridized carbons (Fsp3) is 0.308. The Hall–Kier alpha value is -1.18. The normalized spacial score (nSPS) is 14.2. The maximum atomic E-state index is 10.4. The van der Waals surface area contributed by atoms with E-state index in [-0.39, 0.29) is 0 Å². The van der Waals surface area contributed by atoms with Crippen molar-refractivity contribution in [2.45, 2.75) is 24.5 Å². The summed E-state index contributed by atoms with van der Waals surface area (Å²) in [6, 6.07) is 2.19. The standard InChI is InChI=1S/C13H15NOS2/c1-4-7-11(5-2)12(16)17-13(3,10-14)8-6-9-15/h4-5,7,9H,1-2,6,8H2,3H3/b11-7+. The molecule has 0 bridgehead atoms. The summed E-state index contributed by atoms with van der Waals surface area (Å²) in [4.78, 5) is 10.4. The first-order valence-electron chi connectivity index (χ1n) is 5.06. The first-order chi connectivity index (χ1) is 8.02. The number of rotatable bonds is 7. The van der Waals surface area contributed by atoms with E-state index in [1.807, 2.05) is 0 Å². The second kappa shape index (κ2) is 7.99. The van der Waals surface area contributed by atoms with Crippen LogP contribution in [-0.4, -0.2) is 15.2 Å². The van der Waals surface area contributed by atoms with E-state index in [1.165, 1.54) is 11.8 Å². The van der Waals surface area contributed by atoms with Crippen molar-refractivity contribution in [1.82, 2.24) is 0 Å². The third-order valence-electron chi connectivity index (χ3n) is 2.05. The van der Waals surface area contributed by atoms with Gasteiger partial charge in [-0.25, -0.2) is 0 Å². The van der Waals surface area contributed by atoms with Gasteiger partial charge in [-0.1, -0.05) is 55.4 Å². The molecule has 0 aliphatic carbocycles. The summed E-state index contributed by atoms with van der Waals surface area (Å²) >= 11 is 6.52. The third-order valence-corrected chi connectivity index (χ3v) is 3.70. The molecule has 0 aromatic heterocycles. The lowest BCUT2D eigenvalue weighted by Gasteiger charge is -2.20. The zero-order chi connectivity index (χ0) is 13.3. The molecule has 0 N–H and O–H groups in total. The van der Waals surface area contributed by atoms with Crippen LogP contribution in [0, 0.1) is 11.3 Å². The van der Waals surface area contributed by atoms with Crippen LogP contribution in [0.3, 0.4) is 0 Å². The molecule has 90 valence electrons. The first-order valence-corrected chi connectivity index (χ1v) is 6.29. The van der Waals surface area contributed by atoms with E-state index in [1.54, 1.807) is 25.2 Å². The number of thioether (sulfide) groups is 1. The van der Waals surface area contributed by atoms with Gasteiger partial charge in [0.1, 0.15) is 11.0 Å². The van der Waals surface area contributed by atoms with Crippen LogP contribution in [0.1, 0.15) is 19.8 Å². The minimum absolute atomic E-state index is 0.355. The minimum atomic E-state index is -0.679. The Balaban J connectivity index is 4.79. The van der Waals surface area contributed by atoms with Gasteiger partial charge in [-0.15, -0.1) is 0 Å². The molecule has 0 amide bonds. The van der Waals surface area contributed by atoms with Crippen LogP contribution in [0.15, 0.2) is 37.0 Å². The maximum absolute atomic E-state index is 10.4. The van der Waals surface area contributed by atoms with E-state index < -0.39 is 4.75 Å². The zero-order valence-electron chi connectivity index (χ0n) is 9.81. The van der Waals surface area contributed by atoms with Crippen LogP contribution < -0.4 is 0 Å². The van der Waals surface area contributed by atoms with Crippen molar-refractivity contribution >= 4 is 34.5 Å². The molecule has 0 saturated carbocycles. The van der Waals surface area contributed by atoms with Crippen LogP contribution in [0.4, 0.5) is 0 Å². The van der Waals surface area contributed by atoms with Crippen molar-refractivity contribution < 1.29 is 4.79 Å². The fourth-order valence-corrected chi connectivity index (χ4v) is 2.72. The van der Waals surface area contributed by atoms with Crippen molar-refractivity contribution in [3.63, 3.8) is 0 Å². The third kappa shape index (κ3) is 5.62. The van der Waals surface area contributed by atoms with Crippen molar-refractivity contribution in [1.29, 1.82) is 5.26 Å². The van der Waals surface area contributed by atoms with Crippen LogP contribution in [-0.2, 0) is 4.79 Å². The largest absolute Gasteiger partial charge is 0.303 e. The SMILES string of the molecule is C=C/C=C(\C=C)C(=S)SC(C)(C#N)CCC=O. The lowest BCUT2D eigenvalue weighted by Crippen LogP contribution is -2.20. The Morgan fingerprint density at radius 3 is 2.65 bits per heavy atom. The van der Waals surface area contributed by atoms with E-state index >= 15 is 0 Å². The molecule has 17 heavy (non-hydrogen) atoms. The van der Waals surface area contributed by atoms with Crippen LogP contribution in [0.5, 0.6) is 0 Å². The molecule has 0 spiro atoms. The van der Waals surface area contributed by atoms with Crippen LogP contribution >= 0.6 is 24.0 Å². The highest BCUT2D eigenvalue weighted by molar-refractivity contribution is 8.24. The topological polar surface area (TPSA) is 40.9 Å². The van der Waals surface area contributed by atoms with Crippen molar-refractivity contribution in [3.8, 4) is 6.07 Å². The van der Waals surface area contributed by atoms with Crippen LogP contribution in [0.25, 0.3) is 0 Å². The van der Waals surface area contributed by atoms with E-state index in [4.69, 9.17) is 17.5 Å². The molecule has 1 unspecified atom stereocenters. The van der Waals surface area contributed by atoms with Crippen LogP contribution in [0.2, 0.25) is 0 Å². The van der Waals surface area contributed by atoms with Gasteiger partial charge < -0.3 is 4.79 Å². The summed E-state index contributed by atoms with van der Waals surface area (Å²) in [6.07, 6.45) is 6.66. The maximum Gasteiger partial charge on any atom is 0.120 e. The fourth-order valence-electron chi connectivity index (χ4n) is 1.07. The second-order valence-electron chi connectivity index (χ2n) is 3.50. The number of thiocarbonyl (C=S) groups is 1. The molecule has 0 saturated heterocycles. The number of allylic oxidation sites excluding steroid dienone is 3. The number of carbonyl (C=O) groups is 1. The zero-order valence-corrected chi connectivity index (χ0v) is 11.4. The summed E-state index contributed by atoms with van der Waals surface area (Å²) in [5.41, 5.74) is 0.771. The predicted molar refractivity (Wildman–Crippen MR) is 78.0 cm³/mol. The minimum Gasteiger partial charge on any atom is -0.303 e. The number of aldehydes is 1. The molecule has 0 radical (unpaired) electrons. The van der Waals surface area contributed by atoms with Crippen molar-refractivity contribution in [2.24, 2.45) is 0 Å². The quantitative estimate of drug-likeness (QED) is 0.305. The molecule has 0 fully saturated rings. The number of nitriles is 1. The van der Waals surface area contributed by atoms with Gasteiger partial charge in [0, 0.05) is 6.42 Å². The molecule has 0 aliphatic heterocycles. The van der Waals surface area contributed by atoms with E-state index in [0.29, 0.717) is 17.0 Å². The average molecular weight is 265 g/mol. The van der Waals surface area contributed by atoms with Crippen molar-refractivity contribution in [2.75, 3.05) is 0 Å². The van der Waals surface area contributed by atoms with E-state index in [2.05, 4.69) is 19.2 Å². The Kier molecular flexibility index (Phi) is 7.44. The van der Waals surface area contributed by atoms with Gasteiger partial charge in [0.05, 0.1) is 10.3 Å². The lowest BCUT2D eigenvalue weighted by molar-refractivity contribution is -0.107. The van der Waals surface area contributed by atoms with Gasteiger partial charge in [0.15, 0.2) is 0 Å². The van der Waals surface area contributed by atoms with Gasteiger partial charge >= 0.3 is 0 Å². The molecule has 2 nitrogen and oxygen atoms in total. The first kappa shape index (κ1) is 15.8. The molecule has 0 aromatic carbocycles. The van der Waals surface area contributed by atoms with Crippen molar-refractivity contribution in [3.05, 3.63) is 37.0 Å². The molecule has 4 heteroatoms. The monoisotopic (exact) mass is 265 g/mol. The van der Waals surface area contributed by atoms with Gasteiger partial charge in [-0.3, -0.25) is 0 Å². The molecule has 0 aromatic rings. The highest BCUT2D eigenvalue weighted by Crippen LogP contribution is 2.32.